The van der Waals surface area contributed by atoms with Crippen molar-refractivity contribution in [3.05, 3.63) is 69.2 Å². The van der Waals surface area contributed by atoms with Gasteiger partial charge in [0.1, 0.15) is 5.69 Å². The Morgan fingerprint density at radius 2 is 1.84 bits per heavy atom. The molecule has 2 aromatic heterocycles. The number of fused-ring (bicyclic) bond motifs is 1. The minimum absolute atomic E-state index is 0.174. The highest BCUT2D eigenvalue weighted by Gasteiger charge is 2.40. The summed E-state index contributed by atoms with van der Waals surface area (Å²) in [5.41, 5.74) is 5.89. The van der Waals surface area contributed by atoms with Gasteiger partial charge in [0.25, 0.3) is 0 Å². The van der Waals surface area contributed by atoms with Gasteiger partial charge in [-0.25, -0.2) is 9.97 Å². The second-order valence-electron chi connectivity index (χ2n) is 8.67. The van der Waals surface area contributed by atoms with E-state index in [4.69, 9.17) is 33.2 Å². The van der Waals surface area contributed by atoms with Crippen molar-refractivity contribution >= 4 is 29.0 Å². The van der Waals surface area contributed by atoms with E-state index in [1.165, 1.54) is 11.1 Å². The number of benzene rings is 1. The number of aliphatic hydroxyl groups excluding tert-OH is 1. The van der Waals surface area contributed by atoms with Crippen LogP contribution in [0.25, 0.3) is 11.3 Å². The molecular weight excluding hydrogens is 431 g/mol. The monoisotopic (exact) mass is 454 g/mol. The number of aromatic nitrogens is 3. The first-order chi connectivity index (χ1) is 15.0. The average molecular weight is 455 g/mol. The molecule has 0 atom stereocenters. The maximum atomic E-state index is 10.1. The Morgan fingerprint density at radius 1 is 1.06 bits per heavy atom. The third kappa shape index (κ3) is 3.69. The maximum absolute atomic E-state index is 10.1. The molecule has 5 rings (SSSR count). The van der Waals surface area contributed by atoms with Crippen LogP contribution in [0.4, 0.5) is 5.82 Å². The lowest BCUT2D eigenvalue weighted by molar-refractivity contribution is 0.230. The van der Waals surface area contributed by atoms with Crippen LogP contribution in [0.5, 0.6) is 0 Å². The Morgan fingerprint density at radius 3 is 2.58 bits per heavy atom. The van der Waals surface area contributed by atoms with Gasteiger partial charge in [-0.1, -0.05) is 35.3 Å². The number of halogens is 2. The molecule has 0 saturated carbocycles. The van der Waals surface area contributed by atoms with Crippen LogP contribution in [0.15, 0.2) is 36.7 Å². The summed E-state index contributed by atoms with van der Waals surface area (Å²) in [5, 5.41) is 11.0. The van der Waals surface area contributed by atoms with Crippen LogP contribution in [0.2, 0.25) is 10.0 Å². The molecule has 160 valence electrons. The topological polar surface area (TPSA) is 62.1 Å². The molecule has 2 aliphatic rings. The molecule has 7 heteroatoms. The van der Waals surface area contributed by atoms with E-state index < -0.39 is 0 Å². The minimum atomic E-state index is -0.174. The smallest absolute Gasteiger partial charge is 0.153 e. The number of hydrogen-bond donors (Lipinski definition) is 1. The van der Waals surface area contributed by atoms with Crippen molar-refractivity contribution in [2.45, 2.75) is 39.2 Å². The number of anilines is 1. The Balaban J connectivity index is 1.40. The number of rotatable bonds is 3. The molecule has 0 bridgehead atoms. The van der Waals surface area contributed by atoms with Crippen LogP contribution >= 0.6 is 23.2 Å². The van der Waals surface area contributed by atoms with Crippen molar-refractivity contribution in [1.82, 2.24) is 15.0 Å². The largest absolute Gasteiger partial charge is 0.390 e. The van der Waals surface area contributed by atoms with Gasteiger partial charge in [0.05, 0.1) is 28.0 Å². The quantitative estimate of drug-likeness (QED) is 0.600. The normalized spacial score (nSPS) is 17.2. The van der Waals surface area contributed by atoms with Crippen LogP contribution in [-0.2, 0) is 19.4 Å². The zero-order valence-corrected chi connectivity index (χ0v) is 18.9. The third-order valence-electron chi connectivity index (χ3n) is 6.74. The Hall–Kier alpha value is -2.21. The highest BCUT2D eigenvalue weighted by atomic mass is 35.5. The SMILES string of the molecule is Cc1nc(N2CCC3(CC2)Cc2ccncc2C3)c(CO)nc1-c1cccc(Cl)c1Cl. The van der Waals surface area contributed by atoms with Crippen molar-refractivity contribution in [2.75, 3.05) is 18.0 Å². The fourth-order valence-electron chi connectivity index (χ4n) is 5.05. The Bertz CT molecular complexity index is 1120. The summed E-state index contributed by atoms with van der Waals surface area (Å²) < 4.78 is 0. The van der Waals surface area contributed by atoms with Gasteiger partial charge >= 0.3 is 0 Å². The molecule has 0 radical (unpaired) electrons. The zero-order valence-electron chi connectivity index (χ0n) is 17.4. The summed E-state index contributed by atoms with van der Waals surface area (Å²) in [5.74, 6) is 0.772. The second kappa shape index (κ2) is 8.05. The highest BCUT2D eigenvalue weighted by Crippen LogP contribution is 2.45. The van der Waals surface area contributed by atoms with Gasteiger partial charge < -0.3 is 10.0 Å². The molecule has 31 heavy (non-hydrogen) atoms. The summed E-state index contributed by atoms with van der Waals surface area (Å²) in [6, 6.07) is 7.63. The molecular formula is C24H24Cl2N4O. The lowest BCUT2D eigenvalue weighted by Gasteiger charge is -2.40. The molecule has 1 fully saturated rings. The summed E-state index contributed by atoms with van der Waals surface area (Å²) in [6.45, 7) is 3.56. The maximum Gasteiger partial charge on any atom is 0.153 e. The number of piperidine rings is 1. The van der Waals surface area contributed by atoms with Gasteiger partial charge in [0.15, 0.2) is 5.82 Å². The van der Waals surface area contributed by atoms with Gasteiger partial charge in [0.2, 0.25) is 0 Å². The predicted octanol–water partition coefficient (Wildman–Crippen LogP) is 5.03. The fourth-order valence-corrected chi connectivity index (χ4v) is 5.44. The first kappa shape index (κ1) is 20.7. The molecule has 1 aliphatic heterocycles. The first-order valence-corrected chi connectivity index (χ1v) is 11.3. The van der Waals surface area contributed by atoms with E-state index in [1.807, 2.05) is 31.5 Å². The second-order valence-corrected chi connectivity index (χ2v) is 9.46. The average Bonchev–Trinajstić information content (AvgIpc) is 3.14. The van der Waals surface area contributed by atoms with Crippen LogP contribution in [0.3, 0.4) is 0 Å². The van der Waals surface area contributed by atoms with E-state index in [2.05, 4.69) is 16.0 Å². The predicted molar refractivity (Wildman–Crippen MR) is 124 cm³/mol. The highest BCUT2D eigenvalue weighted by molar-refractivity contribution is 6.43. The van der Waals surface area contributed by atoms with E-state index in [0.29, 0.717) is 26.8 Å². The van der Waals surface area contributed by atoms with Gasteiger partial charge in [-0.3, -0.25) is 4.98 Å². The van der Waals surface area contributed by atoms with Crippen LogP contribution in [0, 0.1) is 12.3 Å². The Labute approximate surface area is 192 Å². The lowest BCUT2D eigenvalue weighted by atomic mass is 9.76. The van der Waals surface area contributed by atoms with E-state index in [0.717, 1.165) is 55.8 Å². The molecule has 1 N–H and O–H groups in total. The minimum Gasteiger partial charge on any atom is -0.390 e. The molecule has 0 amide bonds. The number of pyridine rings is 1. The van der Waals surface area contributed by atoms with Gasteiger partial charge in [-0.05, 0) is 61.3 Å². The molecule has 3 heterocycles. The standard InChI is InChI=1S/C24H24Cl2N4O/c1-15-22(18-3-2-4-19(25)21(18)26)29-20(14-31)23(28-15)30-9-6-24(7-10-30)11-16-5-8-27-13-17(16)12-24/h2-5,8,13,31H,6-7,9-12,14H2,1H3. The summed E-state index contributed by atoms with van der Waals surface area (Å²) >= 11 is 12.6. The molecule has 1 aliphatic carbocycles. The molecule has 5 nitrogen and oxygen atoms in total. The summed E-state index contributed by atoms with van der Waals surface area (Å²) in [6.07, 6.45) is 8.34. The van der Waals surface area contributed by atoms with Crippen molar-refractivity contribution in [1.29, 1.82) is 0 Å². The van der Waals surface area contributed by atoms with E-state index >= 15 is 0 Å². The number of nitrogens with zero attached hydrogens (tertiary/aromatic N) is 4. The van der Waals surface area contributed by atoms with Gasteiger partial charge in [-0.2, -0.15) is 0 Å². The number of aliphatic hydroxyl groups is 1. The molecule has 1 saturated heterocycles. The van der Waals surface area contributed by atoms with Crippen molar-refractivity contribution in [2.24, 2.45) is 5.41 Å². The van der Waals surface area contributed by atoms with Crippen molar-refractivity contribution in [3.8, 4) is 11.3 Å². The number of aryl methyl sites for hydroxylation is 1. The van der Waals surface area contributed by atoms with E-state index in [9.17, 15) is 5.11 Å². The zero-order chi connectivity index (χ0) is 21.6. The van der Waals surface area contributed by atoms with Crippen molar-refractivity contribution < 1.29 is 5.11 Å². The molecule has 0 unspecified atom stereocenters. The van der Waals surface area contributed by atoms with Crippen LogP contribution in [0.1, 0.15) is 35.4 Å². The third-order valence-corrected chi connectivity index (χ3v) is 7.56. The van der Waals surface area contributed by atoms with Crippen molar-refractivity contribution in [3.63, 3.8) is 0 Å². The summed E-state index contributed by atoms with van der Waals surface area (Å²) in [7, 11) is 0. The lowest BCUT2D eigenvalue weighted by Crippen LogP contribution is -2.41. The van der Waals surface area contributed by atoms with Gasteiger partial charge in [-0.15, -0.1) is 0 Å². The van der Waals surface area contributed by atoms with E-state index in [1.54, 1.807) is 6.07 Å². The molecule has 1 spiro atoms. The summed E-state index contributed by atoms with van der Waals surface area (Å²) in [4.78, 5) is 16.2. The number of hydrogen-bond acceptors (Lipinski definition) is 5. The Kier molecular flexibility index (Phi) is 5.37. The van der Waals surface area contributed by atoms with Crippen LogP contribution < -0.4 is 4.90 Å². The molecule has 3 aromatic rings. The van der Waals surface area contributed by atoms with Gasteiger partial charge in [0, 0.05) is 31.0 Å². The van der Waals surface area contributed by atoms with Crippen LogP contribution in [-0.4, -0.2) is 33.1 Å². The van der Waals surface area contributed by atoms with E-state index in [-0.39, 0.29) is 6.61 Å². The fraction of sp³-hybridized carbons (Fsp3) is 0.375. The first-order valence-electron chi connectivity index (χ1n) is 10.6. The molecule has 1 aromatic carbocycles.